The van der Waals surface area contributed by atoms with Crippen LogP contribution in [0.25, 0.3) is 0 Å². The lowest BCUT2D eigenvalue weighted by molar-refractivity contribution is 0.0728. The van der Waals surface area contributed by atoms with E-state index in [1.807, 2.05) is 11.8 Å². The van der Waals surface area contributed by atoms with Gasteiger partial charge in [0.1, 0.15) is 0 Å². The quantitative estimate of drug-likeness (QED) is 0.729. The fourth-order valence-corrected chi connectivity index (χ4v) is 3.41. The van der Waals surface area contributed by atoms with Crippen LogP contribution in [-0.2, 0) is 11.2 Å². The lowest BCUT2D eigenvalue weighted by Gasteiger charge is -2.21. The molecule has 1 aliphatic heterocycles. The Hall–Kier alpha value is -0.470. The standard InChI is InChI=1S/C16H24OS/c1-13(2)11-14-3-5-16(6-4-14)18-12-15-7-9-17-10-8-15/h3-6,13,15H,7-12H2,1-2H3. The van der Waals surface area contributed by atoms with E-state index in [4.69, 9.17) is 4.74 Å². The number of hydrogen-bond acceptors (Lipinski definition) is 2. The molecule has 0 N–H and O–H groups in total. The Kier molecular flexibility index (Phi) is 5.58. The second-order valence-electron chi connectivity index (χ2n) is 5.61. The smallest absolute Gasteiger partial charge is 0.0468 e. The molecule has 1 aromatic rings. The van der Waals surface area contributed by atoms with Crippen LogP contribution in [0.5, 0.6) is 0 Å². The first-order chi connectivity index (χ1) is 8.74. The molecule has 0 spiro atoms. The number of ether oxygens (including phenoxy) is 1. The second-order valence-corrected chi connectivity index (χ2v) is 6.70. The molecule has 0 amide bonds. The van der Waals surface area contributed by atoms with Crippen LogP contribution in [0.2, 0.25) is 0 Å². The van der Waals surface area contributed by atoms with Gasteiger partial charge in [-0.1, -0.05) is 26.0 Å². The summed E-state index contributed by atoms with van der Waals surface area (Å²) in [6, 6.07) is 9.13. The lowest BCUT2D eigenvalue weighted by atomic mass is 10.0. The maximum Gasteiger partial charge on any atom is 0.0468 e. The second kappa shape index (κ2) is 7.20. The molecule has 0 unspecified atom stereocenters. The first-order valence-corrected chi connectivity index (χ1v) is 8.02. The van der Waals surface area contributed by atoms with Gasteiger partial charge in [-0.2, -0.15) is 0 Å². The molecule has 1 heterocycles. The molecule has 1 nitrogen and oxygen atoms in total. The fourth-order valence-electron chi connectivity index (χ4n) is 2.32. The molecule has 0 aliphatic carbocycles. The monoisotopic (exact) mass is 264 g/mol. The van der Waals surface area contributed by atoms with E-state index in [0.717, 1.165) is 25.0 Å². The summed E-state index contributed by atoms with van der Waals surface area (Å²) in [6.45, 7) is 6.46. The molecule has 100 valence electrons. The van der Waals surface area contributed by atoms with Crippen LogP contribution >= 0.6 is 11.8 Å². The van der Waals surface area contributed by atoms with Gasteiger partial charge in [-0.25, -0.2) is 0 Å². The highest BCUT2D eigenvalue weighted by atomic mass is 32.2. The van der Waals surface area contributed by atoms with E-state index >= 15 is 0 Å². The van der Waals surface area contributed by atoms with E-state index in [1.165, 1.54) is 35.5 Å². The predicted octanol–water partition coefficient (Wildman–Crippen LogP) is 4.40. The maximum atomic E-state index is 5.40. The number of benzene rings is 1. The highest BCUT2D eigenvalue weighted by Gasteiger charge is 2.13. The zero-order valence-corrected chi connectivity index (χ0v) is 12.3. The molecule has 1 saturated heterocycles. The van der Waals surface area contributed by atoms with Gasteiger partial charge in [0.15, 0.2) is 0 Å². The average Bonchev–Trinajstić information content (AvgIpc) is 2.38. The first kappa shape index (κ1) is 14.0. The van der Waals surface area contributed by atoms with Gasteiger partial charge < -0.3 is 4.74 Å². The molecule has 1 aromatic carbocycles. The summed E-state index contributed by atoms with van der Waals surface area (Å²) in [7, 11) is 0. The van der Waals surface area contributed by atoms with E-state index < -0.39 is 0 Å². The van der Waals surface area contributed by atoms with Gasteiger partial charge in [0.05, 0.1) is 0 Å². The van der Waals surface area contributed by atoms with Gasteiger partial charge in [0, 0.05) is 23.9 Å². The average molecular weight is 264 g/mol. The minimum atomic E-state index is 0.741. The van der Waals surface area contributed by atoms with Crippen molar-refractivity contribution in [2.75, 3.05) is 19.0 Å². The highest BCUT2D eigenvalue weighted by Crippen LogP contribution is 2.26. The van der Waals surface area contributed by atoms with Crippen LogP contribution in [0, 0.1) is 11.8 Å². The Morgan fingerprint density at radius 3 is 2.44 bits per heavy atom. The zero-order valence-electron chi connectivity index (χ0n) is 11.5. The third-order valence-electron chi connectivity index (χ3n) is 3.39. The predicted molar refractivity (Wildman–Crippen MR) is 79.3 cm³/mol. The minimum Gasteiger partial charge on any atom is -0.381 e. The Labute approximate surface area is 115 Å². The molecule has 0 bridgehead atoms. The molecule has 2 rings (SSSR count). The van der Waals surface area contributed by atoms with Gasteiger partial charge in [-0.3, -0.25) is 0 Å². The van der Waals surface area contributed by atoms with Crippen molar-refractivity contribution in [3.05, 3.63) is 29.8 Å². The van der Waals surface area contributed by atoms with E-state index in [2.05, 4.69) is 38.1 Å². The van der Waals surface area contributed by atoms with E-state index in [0.29, 0.717) is 0 Å². The van der Waals surface area contributed by atoms with Gasteiger partial charge in [-0.05, 0) is 48.8 Å². The summed E-state index contributed by atoms with van der Waals surface area (Å²) in [6.07, 6.45) is 3.65. The lowest BCUT2D eigenvalue weighted by Crippen LogP contribution is -2.17. The zero-order chi connectivity index (χ0) is 12.8. The van der Waals surface area contributed by atoms with Crippen molar-refractivity contribution >= 4 is 11.8 Å². The summed E-state index contributed by atoms with van der Waals surface area (Å²) in [5, 5.41) is 0. The van der Waals surface area contributed by atoms with Crippen LogP contribution in [0.15, 0.2) is 29.2 Å². The molecule has 18 heavy (non-hydrogen) atoms. The van der Waals surface area contributed by atoms with E-state index in [1.54, 1.807) is 0 Å². The van der Waals surface area contributed by atoms with Crippen molar-refractivity contribution in [1.29, 1.82) is 0 Å². The first-order valence-electron chi connectivity index (χ1n) is 7.03. The normalized spacial score (nSPS) is 17.3. The molecule has 0 radical (unpaired) electrons. The number of rotatable bonds is 5. The summed E-state index contributed by atoms with van der Waals surface area (Å²) in [4.78, 5) is 1.41. The van der Waals surface area contributed by atoms with Crippen LogP contribution < -0.4 is 0 Å². The molecular formula is C16H24OS. The number of thioether (sulfide) groups is 1. The van der Waals surface area contributed by atoms with Gasteiger partial charge in [-0.15, -0.1) is 11.8 Å². The van der Waals surface area contributed by atoms with Crippen LogP contribution in [0.4, 0.5) is 0 Å². The molecule has 0 saturated carbocycles. The number of hydrogen-bond donors (Lipinski definition) is 0. The molecule has 0 atom stereocenters. The largest absolute Gasteiger partial charge is 0.381 e. The SMILES string of the molecule is CC(C)Cc1ccc(SCC2CCOCC2)cc1. The molecule has 0 aromatic heterocycles. The topological polar surface area (TPSA) is 9.23 Å². The summed E-state index contributed by atoms with van der Waals surface area (Å²) < 4.78 is 5.40. The Morgan fingerprint density at radius 2 is 1.83 bits per heavy atom. The molecule has 1 fully saturated rings. The van der Waals surface area contributed by atoms with Crippen molar-refractivity contribution in [1.82, 2.24) is 0 Å². The Balaban J connectivity index is 1.78. The van der Waals surface area contributed by atoms with E-state index in [9.17, 15) is 0 Å². The van der Waals surface area contributed by atoms with Crippen LogP contribution in [0.1, 0.15) is 32.3 Å². The summed E-state index contributed by atoms with van der Waals surface area (Å²) in [5.41, 5.74) is 1.46. The minimum absolute atomic E-state index is 0.741. The van der Waals surface area contributed by atoms with Gasteiger partial charge in [0.2, 0.25) is 0 Å². The summed E-state index contributed by atoms with van der Waals surface area (Å²) >= 11 is 2.00. The van der Waals surface area contributed by atoms with Crippen molar-refractivity contribution in [2.45, 2.75) is 38.0 Å². The molecule has 1 aliphatic rings. The highest BCUT2D eigenvalue weighted by molar-refractivity contribution is 7.99. The van der Waals surface area contributed by atoms with Gasteiger partial charge in [0.25, 0.3) is 0 Å². The van der Waals surface area contributed by atoms with E-state index in [-0.39, 0.29) is 0 Å². The van der Waals surface area contributed by atoms with Gasteiger partial charge >= 0.3 is 0 Å². The van der Waals surface area contributed by atoms with Crippen LogP contribution in [-0.4, -0.2) is 19.0 Å². The van der Waals surface area contributed by atoms with Crippen molar-refractivity contribution < 1.29 is 4.74 Å². The van der Waals surface area contributed by atoms with Crippen molar-refractivity contribution in [2.24, 2.45) is 11.8 Å². The maximum absolute atomic E-state index is 5.40. The summed E-state index contributed by atoms with van der Waals surface area (Å²) in [5.74, 6) is 2.83. The third-order valence-corrected chi connectivity index (χ3v) is 4.64. The van der Waals surface area contributed by atoms with Crippen molar-refractivity contribution in [3.8, 4) is 0 Å². The van der Waals surface area contributed by atoms with Crippen LogP contribution in [0.3, 0.4) is 0 Å². The molecule has 2 heteroatoms. The van der Waals surface area contributed by atoms with Crippen molar-refractivity contribution in [3.63, 3.8) is 0 Å². The third kappa shape index (κ3) is 4.66. The molecular weight excluding hydrogens is 240 g/mol. The Morgan fingerprint density at radius 1 is 1.17 bits per heavy atom. The Bertz CT molecular complexity index is 339. The fraction of sp³-hybridized carbons (Fsp3) is 0.625.